The Kier molecular flexibility index (Phi) is 4.16. The zero-order valence-corrected chi connectivity index (χ0v) is 14.3. The van der Waals surface area contributed by atoms with Gasteiger partial charge in [0.1, 0.15) is 23.2 Å². The summed E-state index contributed by atoms with van der Waals surface area (Å²) in [6.45, 7) is 1.71. The van der Waals surface area contributed by atoms with E-state index in [1.807, 2.05) is 0 Å². The van der Waals surface area contributed by atoms with Gasteiger partial charge in [0.05, 0.1) is 17.0 Å². The number of hydrogen-bond donors (Lipinski definition) is 0. The van der Waals surface area contributed by atoms with Crippen LogP contribution in [0.25, 0.3) is 17.4 Å². The first-order valence-corrected chi connectivity index (χ1v) is 8.24. The maximum absolute atomic E-state index is 13.4. The molecular formula is C21H14F2N2O2. The number of nitrogens with zero attached hydrogens (tertiary/aromatic N) is 2. The Bertz CT molecular complexity index is 1080. The number of amides is 1. The van der Waals surface area contributed by atoms with Gasteiger partial charge in [0.25, 0.3) is 5.91 Å². The van der Waals surface area contributed by atoms with Crippen LogP contribution in [-0.2, 0) is 4.79 Å². The molecule has 2 aromatic carbocycles. The number of anilines is 1. The van der Waals surface area contributed by atoms with E-state index in [2.05, 4.69) is 5.10 Å². The number of carbonyl (C=O) groups is 1. The highest BCUT2D eigenvalue weighted by Crippen LogP contribution is 2.27. The van der Waals surface area contributed by atoms with Gasteiger partial charge in [0, 0.05) is 5.56 Å². The van der Waals surface area contributed by atoms with Gasteiger partial charge in [-0.05, 0) is 61.5 Å². The van der Waals surface area contributed by atoms with Gasteiger partial charge >= 0.3 is 0 Å². The third-order valence-electron chi connectivity index (χ3n) is 4.16. The first-order valence-electron chi connectivity index (χ1n) is 8.24. The fraction of sp³-hybridized carbons (Fsp3) is 0.0476. The van der Waals surface area contributed by atoms with Crippen molar-refractivity contribution in [3.63, 3.8) is 0 Å². The molecule has 0 N–H and O–H groups in total. The molecule has 0 unspecified atom stereocenters. The Morgan fingerprint density at radius 1 is 1.00 bits per heavy atom. The summed E-state index contributed by atoms with van der Waals surface area (Å²) in [5.41, 5.74) is 1.98. The fourth-order valence-electron chi connectivity index (χ4n) is 2.81. The summed E-state index contributed by atoms with van der Waals surface area (Å²) >= 11 is 0. The van der Waals surface area contributed by atoms with Crippen molar-refractivity contribution in [1.82, 2.24) is 0 Å². The quantitative estimate of drug-likeness (QED) is 0.612. The van der Waals surface area contributed by atoms with Crippen molar-refractivity contribution in [2.24, 2.45) is 5.10 Å². The second kappa shape index (κ2) is 6.64. The number of furan rings is 1. The highest BCUT2D eigenvalue weighted by atomic mass is 19.1. The van der Waals surface area contributed by atoms with Crippen molar-refractivity contribution in [3.8, 4) is 11.3 Å². The first-order chi connectivity index (χ1) is 13.0. The predicted octanol–water partition coefficient (Wildman–Crippen LogP) is 5.03. The third-order valence-corrected chi connectivity index (χ3v) is 4.16. The van der Waals surface area contributed by atoms with Crippen molar-refractivity contribution in [2.45, 2.75) is 6.92 Å². The highest BCUT2D eigenvalue weighted by molar-refractivity contribution is 6.32. The van der Waals surface area contributed by atoms with Crippen molar-refractivity contribution >= 4 is 23.4 Å². The minimum absolute atomic E-state index is 0.331. The van der Waals surface area contributed by atoms with E-state index in [1.54, 1.807) is 37.3 Å². The van der Waals surface area contributed by atoms with Crippen molar-refractivity contribution < 1.29 is 18.0 Å². The maximum atomic E-state index is 13.4. The molecule has 0 radical (unpaired) electrons. The molecule has 4 rings (SSSR count). The van der Waals surface area contributed by atoms with Crippen LogP contribution in [0.15, 0.2) is 75.8 Å². The molecule has 27 heavy (non-hydrogen) atoms. The van der Waals surface area contributed by atoms with Gasteiger partial charge in [-0.25, -0.2) is 8.78 Å². The maximum Gasteiger partial charge on any atom is 0.280 e. The average molecular weight is 364 g/mol. The topological polar surface area (TPSA) is 45.8 Å². The molecule has 1 aliphatic heterocycles. The Morgan fingerprint density at radius 2 is 1.78 bits per heavy atom. The SMILES string of the molecule is CC1=NN(c2ccc(F)cc2)C(=O)/C1=C/c1ccc(-c2cccc(F)c2)o1. The largest absolute Gasteiger partial charge is 0.457 e. The van der Waals surface area contributed by atoms with Gasteiger partial charge in [0.2, 0.25) is 0 Å². The fourth-order valence-corrected chi connectivity index (χ4v) is 2.81. The second-order valence-electron chi connectivity index (χ2n) is 6.05. The van der Waals surface area contributed by atoms with Crippen LogP contribution < -0.4 is 5.01 Å². The predicted molar refractivity (Wildman–Crippen MR) is 99.1 cm³/mol. The molecule has 0 saturated carbocycles. The standard InChI is InChI=1S/C21H14F2N2O2/c1-13-19(21(26)25(24-13)17-7-5-15(22)6-8-17)12-18-9-10-20(27-18)14-3-2-4-16(23)11-14/h2-12H,1H3/b19-12+. The van der Waals surface area contributed by atoms with Gasteiger partial charge in [-0.3, -0.25) is 4.79 Å². The molecule has 134 valence electrons. The highest BCUT2D eigenvalue weighted by Gasteiger charge is 2.29. The molecule has 0 spiro atoms. The smallest absolute Gasteiger partial charge is 0.280 e. The normalized spacial score (nSPS) is 15.5. The summed E-state index contributed by atoms with van der Waals surface area (Å²) in [7, 11) is 0. The summed E-state index contributed by atoms with van der Waals surface area (Å²) in [6.07, 6.45) is 1.59. The Morgan fingerprint density at radius 3 is 2.52 bits per heavy atom. The number of halogens is 2. The van der Waals surface area contributed by atoms with Crippen LogP contribution in [0.5, 0.6) is 0 Å². The second-order valence-corrected chi connectivity index (χ2v) is 6.05. The molecule has 1 amide bonds. The van der Waals surface area contributed by atoms with E-state index in [0.29, 0.717) is 34.1 Å². The molecule has 6 heteroatoms. The van der Waals surface area contributed by atoms with Crippen molar-refractivity contribution in [1.29, 1.82) is 0 Å². The van der Waals surface area contributed by atoms with Crippen LogP contribution in [0, 0.1) is 11.6 Å². The van der Waals surface area contributed by atoms with Gasteiger partial charge in [-0.15, -0.1) is 0 Å². The van der Waals surface area contributed by atoms with E-state index in [-0.39, 0.29) is 17.5 Å². The lowest BCUT2D eigenvalue weighted by Crippen LogP contribution is -2.21. The zero-order chi connectivity index (χ0) is 19.0. The molecule has 3 aromatic rings. The van der Waals surface area contributed by atoms with E-state index in [9.17, 15) is 13.6 Å². The van der Waals surface area contributed by atoms with Gasteiger partial charge < -0.3 is 4.42 Å². The summed E-state index contributed by atoms with van der Waals surface area (Å²) in [6, 6.07) is 15.0. The third kappa shape index (κ3) is 3.29. The number of hydrazone groups is 1. The Hall–Kier alpha value is -3.54. The molecule has 2 heterocycles. The van der Waals surface area contributed by atoms with Crippen LogP contribution in [0.4, 0.5) is 14.5 Å². The number of hydrogen-bond acceptors (Lipinski definition) is 3. The summed E-state index contributed by atoms with van der Waals surface area (Å²) < 4.78 is 32.2. The van der Waals surface area contributed by atoms with Crippen molar-refractivity contribution in [2.75, 3.05) is 5.01 Å². The molecule has 1 aliphatic rings. The summed E-state index contributed by atoms with van der Waals surface area (Å²) in [5, 5.41) is 5.46. The molecular weight excluding hydrogens is 350 g/mol. The Balaban J connectivity index is 1.62. The zero-order valence-electron chi connectivity index (χ0n) is 14.3. The lowest BCUT2D eigenvalue weighted by atomic mass is 10.1. The molecule has 0 saturated heterocycles. The minimum atomic E-state index is -0.387. The summed E-state index contributed by atoms with van der Waals surface area (Å²) in [5.74, 6) is -0.122. The van der Waals surface area contributed by atoms with Crippen LogP contribution in [0.2, 0.25) is 0 Å². The molecule has 0 aliphatic carbocycles. The van der Waals surface area contributed by atoms with Gasteiger partial charge in [0.15, 0.2) is 0 Å². The first kappa shape index (κ1) is 16.9. The van der Waals surface area contributed by atoms with E-state index < -0.39 is 0 Å². The van der Waals surface area contributed by atoms with Crippen LogP contribution in [0.1, 0.15) is 12.7 Å². The van der Waals surface area contributed by atoms with Crippen LogP contribution in [-0.4, -0.2) is 11.6 Å². The number of rotatable bonds is 3. The molecule has 0 fully saturated rings. The van der Waals surface area contributed by atoms with Crippen molar-refractivity contribution in [3.05, 3.63) is 83.6 Å². The average Bonchev–Trinajstić information content (AvgIpc) is 3.23. The molecule has 0 atom stereocenters. The molecule has 4 nitrogen and oxygen atoms in total. The number of carbonyl (C=O) groups excluding carboxylic acids is 1. The lowest BCUT2D eigenvalue weighted by molar-refractivity contribution is -0.114. The summed E-state index contributed by atoms with van der Waals surface area (Å²) in [4.78, 5) is 12.7. The molecule has 1 aromatic heterocycles. The minimum Gasteiger partial charge on any atom is -0.457 e. The molecule has 0 bridgehead atoms. The van der Waals surface area contributed by atoms with E-state index in [4.69, 9.17) is 4.42 Å². The van der Waals surface area contributed by atoms with Crippen LogP contribution in [0.3, 0.4) is 0 Å². The Labute approximate surface area is 154 Å². The van der Waals surface area contributed by atoms with E-state index >= 15 is 0 Å². The van der Waals surface area contributed by atoms with Gasteiger partial charge in [-0.1, -0.05) is 12.1 Å². The van der Waals surface area contributed by atoms with Crippen LogP contribution >= 0.6 is 0 Å². The lowest BCUT2D eigenvalue weighted by Gasteiger charge is -2.11. The van der Waals surface area contributed by atoms with E-state index in [1.165, 1.54) is 41.4 Å². The monoisotopic (exact) mass is 364 g/mol. The van der Waals surface area contributed by atoms with Gasteiger partial charge in [-0.2, -0.15) is 10.1 Å². The number of benzene rings is 2. The van der Waals surface area contributed by atoms with E-state index in [0.717, 1.165) is 0 Å².